The van der Waals surface area contributed by atoms with Gasteiger partial charge in [-0.3, -0.25) is 14.8 Å². The molecule has 0 saturated carbocycles. The summed E-state index contributed by atoms with van der Waals surface area (Å²) in [6.07, 6.45) is 5.60. The molecule has 154 valence electrons. The molecule has 2 saturated heterocycles. The van der Waals surface area contributed by atoms with E-state index in [2.05, 4.69) is 43.9 Å². The van der Waals surface area contributed by atoms with Crippen LogP contribution < -0.4 is 14.4 Å². The molecule has 3 aliphatic rings. The molecule has 2 aromatic rings. The van der Waals surface area contributed by atoms with E-state index in [4.69, 9.17) is 9.47 Å². The van der Waals surface area contributed by atoms with Crippen LogP contribution in [0.4, 0.5) is 5.69 Å². The molecule has 0 atom stereocenters. The van der Waals surface area contributed by atoms with Crippen LogP contribution >= 0.6 is 0 Å². The quantitative estimate of drug-likeness (QED) is 0.794. The SMILES string of the molecule is c1ccc(CN2CCCN(C3CCN(c4ccc5c(c4)OCO5)CC3)CC2)nc1. The number of anilines is 1. The van der Waals surface area contributed by atoms with E-state index >= 15 is 0 Å². The van der Waals surface area contributed by atoms with Gasteiger partial charge in [-0.15, -0.1) is 0 Å². The summed E-state index contributed by atoms with van der Waals surface area (Å²) in [6, 6.07) is 13.2. The lowest BCUT2D eigenvalue weighted by Crippen LogP contribution is -2.46. The first-order valence-corrected chi connectivity index (χ1v) is 10.9. The van der Waals surface area contributed by atoms with Crippen LogP contribution in [0.5, 0.6) is 11.5 Å². The highest BCUT2D eigenvalue weighted by molar-refractivity contribution is 5.57. The highest BCUT2D eigenvalue weighted by Crippen LogP contribution is 2.36. The number of pyridine rings is 1. The zero-order valence-electron chi connectivity index (χ0n) is 17.0. The minimum absolute atomic E-state index is 0.340. The van der Waals surface area contributed by atoms with Crippen LogP contribution in [0.2, 0.25) is 0 Å². The van der Waals surface area contributed by atoms with Crippen LogP contribution in [-0.2, 0) is 6.54 Å². The number of benzene rings is 1. The fraction of sp³-hybridized carbons (Fsp3) is 0.522. The van der Waals surface area contributed by atoms with Crippen molar-refractivity contribution < 1.29 is 9.47 Å². The second-order valence-corrected chi connectivity index (χ2v) is 8.24. The number of piperidine rings is 1. The first-order valence-electron chi connectivity index (χ1n) is 10.9. The molecule has 0 N–H and O–H groups in total. The van der Waals surface area contributed by atoms with E-state index in [1.54, 1.807) is 0 Å². The topological polar surface area (TPSA) is 41.1 Å². The van der Waals surface area contributed by atoms with Gasteiger partial charge in [0.25, 0.3) is 0 Å². The van der Waals surface area contributed by atoms with E-state index in [1.807, 2.05) is 18.3 Å². The third kappa shape index (κ3) is 4.33. The van der Waals surface area contributed by atoms with Gasteiger partial charge in [0.2, 0.25) is 6.79 Å². The molecule has 0 unspecified atom stereocenters. The fourth-order valence-corrected chi connectivity index (χ4v) is 4.81. The average Bonchev–Trinajstić information content (AvgIpc) is 3.12. The lowest BCUT2D eigenvalue weighted by atomic mass is 10.0. The summed E-state index contributed by atoms with van der Waals surface area (Å²) in [4.78, 5) is 12.3. The molecular weight excluding hydrogens is 364 g/mol. The lowest BCUT2D eigenvalue weighted by molar-refractivity contribution is 0.170. The van der Waals surface area contributed by atoms with Crippen LogP contribution in [0.1, 0.15) is 25.0 Å². The number of ether oxygens (including phenoxy) is 2. The maximum absolute atomic E-state index is 5.55. The van der Waals surface area contributed by atoms with Gasteiger partial charge >= 0.3 is 0 Å². The smallest absolute Gasteiger partial charge is 0.231 e. The van der Waals surface area contributed by atoms with Gasteiger partial charge in [-0.2, -0.15) is 0 Å². The lowest BCUT2D eigenvalue weighted by Gasteiger charge is -2.39. The summed E-state index contributed by atoms with van der Waals surface area (Å²) in [5.74, 6) is 1.74. The Kier molecular flexibility index (Phi) is 5.54. The number of hydrogen-bond acceptors (Lipinski definition) is 6. The zero-order valence-corrected chi connectivity index (χ0v) is 17.0. The molecule has 0 radical (unpaired) electrons. The third-order valence-corrected chi connectivity index (χ3v) is 6.44. The van der Waals surface area contributed by atoms with Crippen LogP contribution in [0, 0.1) is 0 Å². The summed E-state index contributed by atoms with van der Waals surface area (Å²) in [5, 5.41) is 0. The van der Waals surface area contributed by atoms with E-state index in [-0.39, 0.29) is 0 Å². The monoisotopic (exact) mass is 394 g/mol. The first kappa shape index (κ1) is 18.7. The number of nitrogens with zero attached hydrogens (tertiary/aromatic N) is 4. The number of fused-ring (bicyclic) bond motifs is 1. The minimum Gasteiger partial charge on any atom is -0.454 e. The van der Waals surface area contributed by atoms with Crippen molar-refractivity contribution in [2.75, 3.05) is 51.0 Å². The van der Waals surface area contributed by atoms with Crippen molar-refractivity contribution in [2.24, 2.45) is 0 Å². The van der Waals surface area contributed by atoms with Crippen LogP contribution in [0.25, 0.3) is 0 Å². The van der Waals surface area contributed by atoms with Crippen molar-refractivity contribution >= 4 is 5.69 Å². The minimum atomic E-state index is 0.340. The van der Waals surface area contributed by atoms with Crippen molar-refractivity contribution in [2.45, 2.75) is 31.8 Å². The average molecular weight is 395 g/mol. The maximum atomic E-state index is 5.55. The molecule has 29 heavy (non-hydrogen) atoms. The Morgan fingerprint density at radius 2 is 1.79 bits per heavy atom. The van der Waals surface area contributed by atoms with Gasteiger partial charge in [0.05, 0.1) is 5.69 Å². The van der Waals surface area contributed by atoms with Gasteiger partial charge < -0.3 is 14.4 Å². The zero-order chi connectivity index (χ0) is 19.5. The number of aromatic nitrogens is 1. The Balaban J connectivity index is 1.13. The molecule has 3 aliphatic heterocycles. The molecule has 6 heteroatoms. The highest BCUT2D eigenvalue weighted by Gasteiger charge is 2.27. The standard InChI is InChI=1S/C23H30N4O2/c1-2-9-24-19(4-1)17-25-10-3-11-26(15-14-25)20-7-12-27(13-8-20)21-5-6-22-23(16-21)29-18-28-22/h1-2,4-6,9,16,20H,3,7-8,10-15,17-18H2. The summed E-state index contributed by atoms with van der Waals surface area (Å²) < 4.78 is 11.0. The molecule has 1 aromatic carbocycles. The summed E-state index contributed by atoms with van der Waals surface area (Å²) in [6.45, 7) is 8.22. The molecule has 0 spiro atoms. The van der Waals surface area contributed by atoms with E-state index in [9.17, 15) is 0 Å². The normalized spacial score (nSPS) is 21.3. The maximum Gasteiger partial charge on any atom is 0.231 e. The molecule has 6 nitrogen and oxygen atoms in total. The van der Waals surface area contributed by atoms with Crippen molar-refractivity contribution in [1.82, 2.24) is 14.8 Å². The summed E-state index contributed by atoms with van der Waals surface area (Å²) in [5.41, 5.74) is 2.43. The van der Waals surface area contributed by atoms with Gasteiger partial charge in [-0.1, -0.05) is 6.07 Å². The molecule has 0 bridgehead atoms. The number of rotatable bonds is 4. The summed E-state index contributed by atoms with van der Waals surface area (Å²) in [7, 11) is 0. The van der Waals surface area contributed by atoms with Crippen LogP contribution in [-0.4, -0.2) is 66.9 Å². The Morgan fingerprint density at radius 1 is 0.897 bits per heavy atom. The molecule has 5 rings (SSSR count). The van der Waals surface area contributed by atoms with Gasteiger partial charge in [-0.05, 0) is 56.6 Å². The van der Waals surface area contributed by atoms with E-state index in [1.165, 1.54) is 50.3 Å². The van der Waals surface area contributed by atoms with Gasteiger partial charge in [-0.25, -0.2) is 0 Å². The van der Waals surface area contributed by atoms with Gasteiger partial charge in [0, 0.05) is 56.7 Å². The summed E-state index contributed by atoms with van der Waals surface area (Å²) >= 11 is 0. The Hall–Kier alpha value is -2.31. The van der Waals surface area contributed by atoms with Crippen molar-refractivity contribution in [1.29, 1.82) is 0 Å². The highest BCUT2D eigenvalue weighted by atomic mass is 16.7. The molecule has 0 aliphatic carbocycles. The largest absolute Gasteiger partial charge is 0.454 e. The fourth-order valence-electron chi connectivity index (χ4n) is 4.81. The van der Waals surface area contributed by atoms with Gasteiger partial charge in [0.1, 0.15) is 0 Å². The van der Waals surface area contributed by atoms with Gasteiger partial charge in [0.15, 0.2) is 11.5 Å². The van der Waals surface area contributed by atoms with Crippen molar-refractivity contribution in [3.8, 4) is 11.5 Å². The van der Waals surface area contributed by atoms with Crippen LogP contribution in [0.3, 0.4) is 0 Å². The van der Waals surface area contributed by atoms with E-state index < -0.39 is 0 Å². The Morgan fingerprint density at radius 3 is 2.66 bits per heavy atom. The van der Waals surface area contributed by atoms with E-state index in [0.717, 1.165) is 37.7 Å². The van der Waals surface area contributed by atoms with E-state index in [0.29, 0.717) is 12.8 Å². The third-order valence-electron chi connectivity index (χ3n) is 6.44. The molecular formula is C23H30N4O2. The second kappa shape index (κ2) is 8.59. The molecule has 0 amide bonds. The second-order valence-electron chi connectivity index (χ2n) is 8.24. The predicted molar refractivity (Wildman–Crippen MR) is 114 cm³/mol. The predicted octanol–water partition coefficient (Wildman–Crippen LogP) is 2.99. The van der Waals surface area contributed by atoms with Crippen LogP contribution in [0.15, 0.2) is 42.6 Å². The van der Waals surface area contributed by atoms with Crippen molar-refractivity contribution in [3.05, 3.63) is 48.3 Å². The van der Waals surface area contributed by atoms with Crippen molar-refractivity contribution in [3.63, 3.8) is 0 Å². The Labute approximate surface area is 173 Å². The number of hydrogen-bond donors (Lipinski definition) is 0. The molecule has 2 fully saturated rings. The molecule has 1 aromatic heterocycles. The molecule has 4 heterocycles. The Bertz CT molecular complexity index is 808. The first-order chi connectivity index (χ1) is 14.3.